The first kappa shape index (κ1) is 11.8. The molecule has 0 spiro atoms. The topological polar surface area (TPSA) is 7.12 Å². The van der Waals surface area contributed by atoms with Gasteiger partial charge in [-0.25, -0.2) is 4.57 Å². The third-order valence-corrected chi connectivity index (χ3v) is 4.50. The number of rotatable bonds is 0. The smallest absolute Gasteiger partial charge is 0.231 e. The normalized spacial score (nSPS) is 16.2. The Balaban J connectivity index is 1.98. The average Bonchev–Trinajstić information content (AvgIpc) is 2.47. The van der Waals surface area contributed by atoms with Crippen LogP contribution in [0.1, 0.15) is 12.1 Å². The summed E-state index contributed by atoms with van der Waals surface area (Å²) in [5, 5.41) is 0. The summed E-state index contributed by atoms with van der Waals surface area (Å²) < 4.78 is 2.42. The van der Waals surface area contributed by atoms with Crippen LogP contribution in [0.15, 0.2) is 54.1 Å². The number of pyridine rings is 1. The summed E-state index contributed by atoms with van der Waals surface area (Å²) >= 11 is 0. The highest BCUT2D eigenvalue weighted by molar-refractivity contribution is 6.78. The number of para-hydroxylation sites is 1. The molecule has 98 valence electrons. The van der Waals surface area contributed by atoms with Gasteiger partial charge in [0.15, 0.2) is 0 Å². The van der Waals surface area contributed by atoms with Crippen LogP contribution in [0, 0.1) is 6.92 Å². The van der Waals surface area contributed by atoms with Crippen molar-refractivity contribution < 1.29 is 4.57 Å². The fourth-order valence-corrected chi connectivity index (χ4v) is 3.50. The zero-order valence-electron chi connectivity index (χ0n) is 12.0. The number of anilines is 2. The molecular weight excluding hydrogens is 243 g/mol. The quantitative estimate of drug-likeness (QED) is 0.522. The maximum atomic E-state index is 2.44. The first-order valence-corrected chi connectivity index (χ1v) is 7.35. The van der Waals surface area contributed by atoms with Gasteiger partial charge in [0.05, 0.1) is 6.54 Å². The van der Waals surface area contributed by atoms with Crippen LogP contribution < -0.4 is 14.9 Å². The van der Waals surface area contributed by atoms with E-state index >= 15 is 0 Å². The number of hydrogen-bond acceptors (Lipinski definition) is 1. The Morgan fingerprint density at radius 1 is 1.10 bits per heavy atom. The minimum absolute atomic E-state index is 0.508. The molecule has 4 rings (SSSR count). The molecule has 2 aromatic rings. The van der Waals surface area contributed by atoms with Gasteiger partial charge >= 0.3 is 0 Å². The van der Waals surface area contributed by atoms with Gasteiger partial charge in [0.1, 0.15) is 17.1 Å². The van der Waals surface area contributed by atoms with Gasteiger partial charge < -0.3 is 0 Å². The van der Waals surface area contributed by atoms with Gasteiger partial charge in [0.2, 0.25) is 6.71 Å². The summed E-state index contributed by atoms with van der Waals surface area (Å²) in [7, 11) is 0. The zero-order valence-corrected chi connectivity index (χ0v) is 12.0. The lowest BCUT2D eigenvalue weighted by molar-refractivity contribution is -0.692. The second-order valence-corrected chi connectivity index (χ2v) is 5.77. The number of allylic oxidation sites excluding steroid dienone is 1. The van der Waals surface area contributed by atoms with Crippen LogP contribution in [0.3, 0.4) is 0 Å². The van der Waals surface area contributed by atoms with Crippen molar-refractivity contribution in [2.45, 2.75) is 26.7 Å². The minimum Gasteiger partial charge on any atom is -0.231 e. The molecule has 0 bridgehead atoms. The van der Waals surface area contributed by atoms with Gasteiger partial charge in [-0.05, 0) is 24.5 Å². The van der Waals surface area contributed by atoms with E-state index in [1.165, 1.54) is 28.4 Å². The highest BCUT2D eigenvalue weighted by Crippen LogP contribution is 2.34. The largest absolute Gasteiger partial charge is 0.286 e. The Labute approximate surface area is 120 Å². The molecule has 0 saturated heterocycles. The molecule has 0 N–H and O–H groups in total. The van der Waals surface area contributed by atoms with Crippen LogP contribution in [-0.2, 0) is 6.54 Å². The SMILES string of the molecule is CB1C=C2CC[n+]3c(C)cccc3N2c2ccccc21. The van der Waals surface area contributed by atoms with Crippen molar-refractivity contribution in [2.75, 3.05) is 4.90 Å². The van der Waals surface area contributed by atoms with Gasteiger partial charge in [-0.15, -0.1) is 0 Å². The average molecular weight is 261 g/mol. The molecular formula is C17H18BN2+. The molecule has 0 fully saturated rings. The monoisotopic (exact) mass is 261 g/mol. The second-order valence-electron chi connectivity index (χ2n) is 5.77. The van der Waals surface area contributed by atoms with E-state index in [-0.39, 0.29) is 0 Å². The molecule has 2 nitrogen and oxygen atoms in total. The standard InChI is InChI=1S/C17H18BN2/c1-13-6-5-9-17-19(13)11-10-14-12-18(2)15-7-3-4-8-16(15)20(14)17/h3-9,12H,10-11H2,1-2H3/q+1. The van der Waals surface area contributed by atoms with Crippen molar-refractivity contribution in [3.8, 4) is 0 Å². The van der Waals surface area contributed by atoms with Crippen molar-refractivity contribution in [2.24, 2.45) is 0 Å². The highest BCUT2D eigenvalue weighted by atomic mass is 15.3. The van der Waals surface area contributed by atoms with Crippen LogP contribution in [0.5, 0.6) is 0 Å². The van der Waals surface area contributed by atoms with Crippen molar-refractivity contribution in [1.29, 1.82) is 0 Å². The number of fused-ring (bicyclic) bond motifs is 5. The molecule has 0 unspecified atom stereocenters. The summed E-state index contributed by atoms with van der Waals surface area (Å²) in [4.78, 5) is 2.44. The number of aromatic nitrogens is 1. The Morgan fingerprint density at radius 3 is 2.85 bits per heavy atom. The first-order valence-electron chi connectivity index (χ1n) is 7.35. The minimum atomic E-state index is 0.508. The molecule has 0 amide bonds. The first-order chi connectivity index (χ1) is 9.75. The number of benzene rings is 1. The zero-order chi connectivity index (χ0) is 13.7. The van der Waals surface area contributed by atoms with Gasteiger partial charge in [-0.2, -0.15) is 4.90 Å². The Kier molecular flexibility index (Phi) is 2.49. The molecule has 1 aromatic heterocycles. The van der Waals surface area contributed by atoms with E-state index in [1.807, 2.05) is 0 Å². The fourth-order valence-electron chi connectivity index (χ4n) is 3.50. The summed E-state index contributed by atoms with van der Waals surface area (Å²) in [5.74, 6) is 3.72. The van der Waals surface area contributed by atoms with Gasteiger partial charge in [-0.1, -0.05) is 37.1 Å². The molecule has 3 heteroatoms. The van der Waals surface area contributed by atoms with Crippen LogP contribution in [0.25, 0.3) is 0 Å². The highest BCUT2D eigenvalue weighted by Gasteiger charge is 2.37. The van der Waals surface area contributed by atoms with Crippen LogP contribution >= 0.6 is 0 Å². The lowest BCUT2D eigenvalue weighted by atomic mass is 9.45. The van der Waals surface area contributed by atoms with E-state index in [4.69, 9.17) is 0 Å². The maximum Gasteiger partial charge on any atom is 0.286 e. The summed E-state index contributed by atoms with van der Waals surface area (Å²) in [6.45, 7) is 6.08. The summed E-state index contributed by atoms with van der Waals surface area (Å²) in [6.07, 6.45) is 1.11. The third-order valence-electron chi connectivity index (χ3n) is 4.50. The molecule has 0 aliphatic carbocycles. The van der Waals surface area contributed by atoms with E-state index in [0.29, 0.717) is 6.71 Å². The number of aryl methyl sites for hydroxylation is 1. The lowest BCUT2D eigenvalue weighted by Crippen LogP contribution is -2.50. The van der Waals surface area contributed by atoms with Crippen molar-refractivity contribution in [3.63, 3.8) is 0 Å². The predicted molar refractivity (Wildman–Crippen MR) is 83.9 cm³/mol. The van der Waals surface area contributed by atoms with E-state index in [0.717, 1.165) is 13.0 Å². The van der Waals surface area contributed by atoms with E-state index in [1.54, 1.807) is 0 Å². The third kappa shape index (κ3) is 1.56. The van der Waals surface area contributed by atoms with Crippen molar-refractivity contribution in [1.82, 2.24) is 0 Å². The molecule has 2 aliphatic heterocycles. The molecule has 0 atom stereocenters. The Hall–Kier alpha value is -2.03. The van der Waals surface area contributed by atoms with Crippen LogP contribution in [0.2, 0.25) is 6.82 Å². The summed E-state index contributed by atoms with van der Waals surface area (Å²) in [5.41, 5.74) is 5.54. The second kappa shape index (κ2) is 4.24. The van der Waals surface area contributed by atoms with Gasteiger partial charge in [-0.3, -0.25) is 0 Å². The molecule has 3 heterocycles. The number of nitrogens with zero attached hydrogens (tertiary/aromatic N) is 2. The Bertz CT molecular complexity index is 721. The molecule has 1 aromatic carbocycles. The molecule has 0 radical (unpaired) electrons. The Morgan fingerprint density at radius 2 is 1.95 bits per heavy atom. The predicted octanol–water partition coefficient (Wildman–Crippen LogP) is 2.59. The van der Waals surface area contributed by atoms with Crippen LogP contribution in [0.4, 0.5) is 11.5 Å². The van der Waals surface area contributed by atoms with Gasteiger partial charge in [0, 0.05) is 12.5 Å². The lowest BCUT2D eigenvalue weighted by Gasteiger charge is -2.32. The fraction of sp³-hybridized carbons (Fsp3) is 0.235. The van der Waals surface area contributed by atoms with Crippen LogP contribution in [-0.4, -0.2) is 6.71 Å². The maximum absolute atomic E-state index is 2.44. The molecule has 20 heavy (non-hydrogen) atoms. The van der Waals surface area contributed by atoms with E-state index in [2.05, 4.69) is 71.7 Å². The van der Waals surface area contributed by atoms with Crippen molar-refractivity contribution >= 4 is 23.7 Å². The number of hydrogen-bond donors (Lipinski definition) is 0. The molecule has 2 aliphatic rings. The van der Waals surface area contributed by atoms with E-state index < -0.39 is 0 Å². The molecule has 0 saturated carbocycles. The van der Waals surface area contributed by atoms with Crippen molar-refractivity contribution in [3.05, 3.63) is 59.8 Å². The summed E-state index contributed by atoms with van der Waals surface area (Å²) in [6, 6.07) is 15.4. The van der Waals surface area contributed by atoms with E-state index in [9.17, 15) is 0 Å². The van der Waals surface area contributed by atoms with Gasteiger partial charge in [0.25, 0.3) is 5.82 Å².